The molecule has 5 nitrogen and oxygen atoms in total. The lowest BCUT2D eigenvalue weighted by Crippen LogP contribution is -2.30. The SMILES string of the molecule is O=C1c2ccccc2C(=O)N1CCCCC1OC1c1cc(C(F)(F)F)nc2c(C(F)(F)F)cccc12. The first-order valence-electron chi connectivity index (χ1n) is 11.2. The van der Waals surface area contributed by atoms with E-state index >= 15 is 0 Å². The highest BCUT2D eigenvalue weighted by Crippen LogP contribution is 2.47. The van der Waals surface area contributed by atoms with E-state index in [4.69, 9.17) is 4.74 Å². The number of pyridine rings is 1. The average molecular weight is 508 g/mol. The number of carbonyl (C=O) groups is 2. The molecule has 188 valence electrons. The van der Waals surface area contributed by atoms with Gasteiger partial charge in [0, 0.05) is 11.9 Å². The number of rotatable bonds is 6. The number of epoxide rings is 1. The highest BCUT2D eigenvalue weighted by atomic mass is 19.4. The highest BCUT2D eigenvalue weighted by Gasteiger charge is 2.44. The molecule has 2 atom stereocenters. The third kappa shape index (κ3) is 4.32. The first kappa shape index (κ1) is 24.2. The molecule has 2 aliphatic rings. The minimum atomic E-state index is -4.93. The molecule has 1 saturated heterocycles. The molecule has 2 unspecified atom stereocenters. The Labute approximate surface area is 200 Å². The molecule has 0 saturated carbocycles. The van der Waals surface area contributed by atoms with Crippen LogP contribution in [0.3, 0.4) is 0 Å². The summed E-state index contributed by atoms with van der Waals surface area (Å²) in [5.74, 6) is -0.751. The Morgan fingerprint density at radius 1 is 0.861 bits per heavy atom. The lowest BCUT2D eigenvalue weighted by molar-refractivity contribution is -0.142. The minimum Gasteiger partial charge on any atom is -0.364 e. The molecule has 2 aliphatic heterocycles. The molecule has 3 heterocycles. The van der Waals surface area contributed by atoms with E-state index in [0.717, 1.165) is 17.0 Å². The predicted molar refractivity (Wildman–Crippen MR) is 115 cm³/mol. The van der Waals surface area contributed by atoms with Crippen molar-refractivity contribution < 1.29 is 40.7 Å². The van der Waals surface area contributed by atoms with Gasteiger partial charge in [-0.15, -0.1) is 0 Å². The van der Waals surface area contributed by atoms with Crippen LogP contribution in [0.15, 0.2) is 48.5 Å². The van der Waals surface area contributed by atoms with Crippen molar-refractivity contribution in [2.45, 2.75) is 43.8 Å². The number of amides is 2. The molecule has 1 aromatic heterocycles. The van der Waals surface area contributed by atoms with Gasteiger partial charge in [0.15, 0.2) is 0 Å². The van der Waals surface area contributed by atoms with Crippen LogP contribution in [0.1, 0.15) is 62.9 Å². The fourth-order valence-electron chi connectivity index (χ4n) is 4.58. The number of carbonyl (C=O) groups excluding carboxylic acids is 2. The number of ether oxygens (including phenoxy) is 1. The first-order chi connectivity index (χ1) is 17.0. The summed E-state index contributed by atoms with van der Waals surface area (Å²) < 4.78 is 86.1. The van der Waals surface area contributed by atoms with Gasteiger partial charge in [0.2, 0.25) is 0 Å². The van der Waals surface area contributed by atoms with Crippen LogP contribution in [-0.4, -0.2) is 34.3 Å². The normalized spacial score (nSPS) is 19.8. The van der Waals surface area contributed by atoms with E-state index in [2.05, 4.69) is 4.98 Å². The zero-order valence-electron chi connectivity index (χ0n) is 18.5. The molecule has 0 bridgehead atoms. The molecule has 3 aromatic rings. The van der Waals surface area contributed by atoms with Crippen LogP contribution in [0, 0.1) is 0 Å². The van der Waals surface area contributed by atoms with Crippen molar-refractivity contribution in [2.75, 3.05) is 6.54 Å². The maximum Gasteiger partial charge on any atom is 0.433 e. The molecular formula is C25H18F6N2O3. The van der Waals surface area contributed by atoms with Gasteiger partial charge in [-0.3, -0.25) is 14.5 Å². The van der Waals surface area contributed by atoms with E-state index < -0.39 is 41.3 Å². The van der Waals surface area contributed by atoms with Crippen LogP contribution in [0.5, 0.6) is 0 Å². The van der Waals surface area contributed by atoms with E-state index in [1.165, 1.54) is 6.07 Å². The number of hydrogen-bond acceptors (Lipinski definition) is 4. The number of hydrogen-bond donors (Lipinski definition) is 0. The molecule has 0 aliphatic carbocycles. The molecule has 0 radical (unpaired) electrons. The molecule has 2 amide bonds. The standard InChI is InChI=1S/C25H18F6N2O3/c26-24(27,28)17-9-5-8-13-16(12-19(25(29,30)31)32-20(13)17)21-18(36-21)10-3-4-11-33-22(34)14-6-1-2-7-15(14)23(33)35/h1-2,5-9,12,18,21H,3-4,10-11H2. The predicted octanol–water partition coefficient (Wildman–Crippen LogP) is 6.18. The topological polar surface area (TPSA) is 62.8 Å². The van der Waals surface area contributed by atoms with Crippen LogP contribution >= 0.6 is 0 Å². The molecular weight excluding hydrogens is 490 g/mol. The fourth-order valence-corrected chi connectivity index (χ4v) is 4.58. The summed E-state index contributed by atoms with van der Waals surface area (Å²) in [6.45, 7) is 0.176. The van der Waals surface area contributed by atoms with E-state index in [1.54, 1.807) is 24.3 Å². The second-order valence-corrected chi connectivity index (χ2v) is 8.69. The maximum absolute atomic E-state index is 13.4. The van der Waals surface area contributed by atoms with Crippen molar-refractivity contribution in [1.29, 1.82) is 0 Å². The largest absolute Gasteiger partial charge is 0.433 e. The monoisotopic (exact) mass is 508 g/mol. The van der Waals surface area contributed by atoms with Gasteiger partial charge < -0.3 is 4.74 Å². The third-order valence-corrected chi connectivity index (χ3v) is 6.35. The Bertz CT molecular complexity index is 1330. The van der Waals surface area contributed by atoms with E-state index in [1.807, 2.05) is 0 Å². The van der Waals surface area contributed by atoms with Gasteiger partial charge in [-0.1, -0.05) is 24.3 Å². The van der Waals surface area contributed by atoms with Crippen molar-refractivity contribution in [3.8, 4) is 0 Å². The number of fused-ring (bicyclic) bond motifs is 2. The van der Waals surface area contributed by atoms with Crippen LogP contribution in [0.2, 0.25) is 0 Å². The second-order valence-electron chi connectivity index (χ2n) is 8.69. The second kappa shape index (κ2) is 8.58. The van der Waals surface area contributed by atoms with Gasteiger partial charge in [0.25, 0.3) is 11.8 Å². The van der Waals surface area contributed by atoms with Gasteiger partial charge in [-0.25, -0.2) is 4.98 Å². The number of imide groups is 1. The lowest BCUT2D eigenvalue weighted by Gasteiger charge is -2.15. The summed E-state index contributed by atoms with van der Waals surface area (Å²) >= 11 is 0. The summed E-state index contributed by atoms with van der Waals surface area (Å²) in [5, 5.41) is -0.0450. The van der Waals surface area contributed by atoms with Crippen molar-refractivity contribution >= 4 is 22.7 Å². The van der Waals surface area contributed by atoms with Crippen LogP contribution in [0.25, 0.3) is 10.9 Å². The smallest absolute Gasteiger partial charge is 0.364 e. The minimum absolute atomic E-state index is 0.00349. The molecule has 11 heteroatoms. The van der Waals surface area contributed by atoms with Gasteiger partial charge >= 0.3 is 12.4 Å². The average Bonchev–Trinajstić information content (AvgIpc) is 3.55. The summed E-state index contributed by atoms with van der Waals surface area (Å²) in [6, 6.07) is 10.4. The number of nitrogens with zero attached hydrogens (tertiary/aromatic N) is 2. The molecule has 36 heavy (non-hydrogen) atoms. The Morgan fingerprint density at radius 2 is 1.53 bits per heavy atom. The molecule has 5 rings (SSSR count). The number of unbranched alkanes of at least 4 members (excludes halogenated alkanes) is 1. The molecule has 1 fully saturated rings. The van der Waals surface area contributed by atoms with Gasteiger partial charge in [0.1, 0.15) is 11.8 Å². The number of alkyl halides is 6. The Hall–Kier alpha value is -3.47. The van der Waals surface area contributed by atoms with E-state index in [-0.39, 0.29) is 29.3 Å². The molecule has 2 aromatic carbocycles. The summed E-state index contributed by atoms with van der Waals surface area (Å²) in [6.07, 6.45) is -9.76. The summed E-state index contributed by atoms with van der Waals surface area (Å²) in [5.41, 5.74) is -2.74. The van der Waals surface area contributed by atoms with Gasteiger partial charge in [-0.05, 0) is 49.1 Å². The summed E-state index contributed by atoms with van der Waals surface area (Å²) in [4.78, 5) is 29.3. The number of benzene rings is 2. The number of para-hydroxylation sites is 1. The van der Waals surface area contributed by atoms with Crippen LogP contribution < -0.4 is 0 Å². The van der Waals surface area contributed by atoms with Gasteiger partial charge in [-0.2, -0.15) is 26.3 Å². The maximum atomic E-state index is 13.4. The molecule has 0 spiro atoms. The fraction of sp³-hybridized carbons (Fsp3) is 0.320. The van der Waals surface area contributed by atoms with Crippen molar-refractivity contribution in [1.82, 2.24) is 9.88 Å². The number of halogens is 6. The quantitative estimate of drug-likeness (QED) is 0.173. The van der Waals surface area contributed by atoms with Crippen molar-refractivity contribution in [3.63, 3.8) is 0 Å². The van der Waals surface area contributed by atoms with Crippen LogP contribution in [-0.2, 0) is 17.1 Å². The lowest BCUT2D eigenvalue weighted by atomic mass is 9.98. The van der Waals surface area contributed by atoms with E-state index in [0.29, 0.717) is 36.5 Å². The zero-order chi connectivity index (χ0) is 25.8. The van der Waals surface area contributed by atoms with Crippen molar-refractivity contribution in [3.05, 3.63) is 76.5 Å². The third-order valence-electron chi connectivity index (χ3n) is 6.35. The molecule has 0 N–H and O–H groups in total. The Kier molecular flexibility index (Phi) is 5.77. The van der Waals surface area contributed by atoms with Crippen LogP contribution in [0.4, 0.5) is 26.3 Å². The Balaban J connectivity index is 1.28. The number of aromatic nitrogens is 1. The summed E-state index contributed by atoms with van der Waals surface area (Å²) in [7, 11) is 0. The van der Waals surface area contributed by atoms with E-state index in [9.17, 15) is 35.9 Å². The zero-order valence-corrected chi connectivity index (χ0v) is 18.5. The van der Waals surface area contributed by atoms with Gasteiger partial charge in [0.05, 0.1) is 28.3 Å². The van der Waals surface area contributed by atoms with Crippen molar-refractivity contribution in [2.24, 2.45) is 0 Å². The Morgan fingerprint density at radius 3 is 2.14 bits per heavy atom. The first-order valence-corrected chi connectivity index (χ1v) is 11.2. The highest BCUT2D eigenvalue weighted by molar-refractivity contribution is 6.21.